The van der Waals surface area contributed by atoms with E-state index in [0.717, 1.165) is 5.69 Å². The van der Waals surface area contributed by atoms with Crippen molar-refractivity contribution in [2.24, 2.45) is 5.73 Å². The lowest BCUT2D eigenvalue weighted by Gasteiger charge is -2.19. The maximum absolute atomic E-state index is 11.5. The molecule has 2 aromatic heterocycles. The number of aromatic nitrogens is 2. The fourth-order valence-electron chi connectivity index (χ4n) is 2.59. The Kier molecular flexibility index (Phi) is 14.2. The van der Waals surface area contributed by atoms with Gasteiger partial charge in [0, 0.05) is 30.8 Å². The highest BCUT2D eigenvalue weighted by atomic mass is 35.5. The molecule has 0 saturated heterocycles. The minimum absolute atomic E-state index is 0. The zero-order chi connectivity index (χ0) is 27.4. The lowest BCUT2D eigenvalue weighted by Crippen LogP contribution is -2.33. The third kappa shape index (κ3) is 16.0. The zero-order valence-electron chi connectivity index (χ0n) is 22.2. The monoisotopic (exact) mass is 539 g/mol. The fraction of sp³-hybridized carbons (Fsp3) is 0.480. The highest BCUT2D eigenvalue weighted by molar-refractivity contribution is 5.85. The van der Waals surface area contributed by atoms with Crippen LogP contribution in [0, 0.1) is 0 Å². The number of nitrogens with zero attached hydrogens (tertiary/aromatic N) is 2. The number of carboxylic acid groups (broad SMARTS) is 1. The fourth-order valence-corrected chi connectivity index (χ4v) is 2.59. The van der Waals surface area contributed by atoms with Crippen LogP contribution in [0.5, 0.6) is 0 Å². The maximum atomic E-state index is 11.5. The molecule has 0 fully saturated rings. The van der Waals surface area contributed by atoms with Gasteiger partial charge in [-0.25, -0.2) is 24.4 Å². The van der Waals surface area contributed by atoms with E-state index in [4.69, 9.17) is 20.3 Å². The van der Waals surface area contributed by atoms with Crippen molar-refractivity contribution < 1.29 is 29.0 Å². The van der Waals surface area contributed by atoms with Gasteiger partial charge in [0.05, 0.1) is 0 Å². The van der Waals surface area contributed by atoms with Crippen LogP contribution >= 0.6 is 12.4 Å². The molecular weight excluding hydrogens is 502 g/mol. The van der Waals surface area contributed by atoms with Crippen molar-refractivity contribution in [3.8, 4) is 0 Å². The third-order valence-corrected chi connectivity index (χ3v) is 3.91. The predicted molar refractivity (Wildman–Crippen MR) is 143 cm³/mol. The molecule has 0 aliphatic carbocycles. The van der Waals surface area contributed by atoms with Crippen molar-refractivity contribution in [2.45, 2.75) is 65.6 Å². The topological polar surface area (TPSA) is 166 Å². The van der Waals surface area contributed by atoms with Crippen LogP contribution in [-0.2, 0) is 22.3 Å². The Hall–Kier alpha value is -3.44. The molecule has 37 heavy (non-hydrogen) atoms. The largest absolute Gasteiger partial charge is 0.477 e. The van der Waals surface area contributed by atoms with Crippen molar-refractivity contribution in [3.05, 3.63) is 53.5 Å². The number of anilines is 1. The van der Waals surface area contributed by atoms with Gasteiger partial charge in [-0.05, 0) is 72.4 Å². The maximum Gasteiger partial charge on any atom is 0.413 e. The molecule has 0 unspecified atom stereocenters. The summed E-state index contributed by atoms with van der Waals surface area (Å²) in [6.45, 7) is 11.6. The third-order valence-electron chi connectivity index (χ3n) is 3.91. The van der Waals surface area contributed by atoms with Gasteiger partial charge in [0.25, 0.3) is 0 Å². The van der Waals surface area contributed by atoms with E-state index in [1.165, 1.54) is 6.07 Å². The van der Waals surface area contributed by atoms with Crippen LogP contribution < -0.4 is 16.4 Å². The van der Waals surface area contributed by atoms with E-state index in [1.54, 1.807) is 39.0 Å². The van der Waals surface area contributed by atoms with Gasteiger partial charge in [0.1, 0.15) is 22.7 Å². The number of aromatic carboxylic acids is 1. The van der Waals surface area contributed by atoms with Gasteiger partial charge in [-0.3, -0.25) is 5.32 Å². The predicted octanol–water partition coefficient (Wildman–Crippen LogP) is 4.20. The number of rotatable bonds is 7. The molecule has 0 aromatic carbocycles. The summed E-state index contributed by atoms with van der Waals surface area (Å²) in [5.74, 6) is -0.591. The van der Waals surface area contributed by atoms with Crippen molar-refractivity contribution in [1.82, 2.24) is 15.3 Å². The van der Waals surface area contributed by atoms with Crippen LogP contribution in [0.4, 0.5) is 15.4 Å². The summed E-state index contributed by atoms with van der Waals surface area (Å²) in [7, 11) is 0. The first-order valence-electron chi connectivity index (χ1n) is 11.5. The number of amides is 2. The summed E-state index contributed by atoms with van der Waals surface area (Å²) >= 11 is 0. The lowest BCUT2D eigenvalue weighted by atomic mass is 10.2. The van der Waals surface area contributed by atoms with Crippen LogP contribution in [0.25, 0.3) is 0 Å². The molecule has 0 atom stereocenters. The van der Waals surface area contributed by atoms with E-state index in [-0.39, 0.29) is 18.1 Å². The minimum Gasteiger partial charge on any atom is -0.477 e. The number of ether oxygens (including phenoxy) is 2. The molecule has 0 radical (unpaired) electrons. The summed E-state index contributed by atoms with van der Waals surface area (Å²) < 4.78 is 10.2. The Balaban J connectivity index is 0.000000686. The van der Waals surface area contributed by atoms with Gasteiger partial charge in [-0.2, -0.15) is 0 Å². The first kappa shape index (κ1) is 33.6. The molecule has 11 nitrogen and oxygen atoms in total. The number of carbonyl (C=O) groups excluding carboxylic acids is 2. The van der Waals surface area contributed by atoms with Crippen molar-refractivity contribution in [3.63, 3.8) is 0 Å². The zero-order valence-corrected chi connectivity index (χ0v) is 23.0. The number of nitrogens with one attached hydrogen (secondary N) is 2. The van der Waals surface area contributed by atoms with E-state index in [0.29, 0.717) is 37.4 Å². The standard InChI is InChI=1S/C13H18N2O4.C12H19N3O2.ClH/c1-13(2,3)19-12(18)14-8-7-9-5-4-6-10(15-9)11(16)17;1-12(2,3)17-11(16)15-10-6-4-5-9(14-10)7-8-13;/h4-6H,7-8H2,1-3H3,(H,14,18)(H,16,17);4-6H,7-8,13H2,1-3H3,(H,14,15,16);1H. The molecule has 2 amide bonds. The van der Waals surface area contributed by atoms with Crippen LogP contribution in [0.2, 0.25) is 0 Å². The van der Waals surface area contributed by atoms with Gasteiger partial charge in [0.15, 0.2) is 0 Å². The van der Waals surface area contributed by atoms with Crippen molar-refractivity contribution in [2.75, 3.05) is 18.4 Å². The van der Waals surface area contributed by atoms with Gasteiger partial charge in [0.2, 0.25) is 0 Å². The Bertz CT molecular complexity index is 1020. The average Bonchev–Trinajstić information content (AvgIpc) is 2.72. The molecule has 0 saturated carbocycles. The summed E-state index contributed by atoms with van der Waals surface area (Å²) in [5, 5.41) is 14.0. The summed E-state index contributed by atoms with van der Waals surface area (Å²) in [6, 6.07) is 10.2. The first-order valence-corrected chi connectivity index (χ1v) is 11.5. The highest BCUT2D eigenvalue weighted by Crippen LogP contribution is 2.11. The van der Waals surface area contributed by atoms with E-state index in [1.807, 2.05) is 32.9 Å². The molecule has 5 N–H and O–H groups in total. The first-order chi connectivity index (χ1) is 16.7. The molecule has 206 valence electrons. The number of carboxylic acids is 1. The van der Waals surface area contributed by atoms with Crippen molar-refractivity contribution >= 4 is 36.4 Å². The minimum atomic E-state index is -1.07. The van der Waals surface area contributed by atoms with Crippen LogP contribution in [0.3, 0.4) is 0 Å². The summed E-state index contributed by atoms with van der Waals surface area (Å²) in [6.07, 6.45) is 0.126. The second-order valence-corrected chi connectivity index (χ2v) is 9.68. The van der Waals surface area contributed by atoms with Crippen LogP contribution in [0.1, 0.15) is 63.4 Å². The quantitative estimate of drug-likeness (QED) is 0.403. The smallest absolute Gasteiger partial charge is 0.413 e. The number of carbonyl (C=O) groups is 3. The van der Waals surface area contributed by atoms with E-state index in [2.05, 4.69) is 20.6 Å². The Morgan fingerprint density at radius 1 is 0.865 bits per heavy atom. The molecule has 0 bridgehead atoms. The molecule has 12 heteroatoms. The van der Waals surface area contributed by atoms with Crippen LogP contribution in [0.15, 0.2) is 36.4 Å². The van der Waals surface area contributed by atoms with Gasteiger partial charge in [-0.1, -0.05) is 12.1 Å². The Labute approximate surface area is 224 Å². The van der Waals surface area contributed by atoms with E-state index < -0.39 is 29.4 Å². The molecule has 2 aromatic rings. The molecule has 0 spiro atoms. The number of alkyl carbamates (subject to hydrolysis) is 1. The second kappa shape index (κ2) is 15.6. The molecule has 0 aliphatic rings. The van der Waals surface area contributed by atoms with Gasteiger partial charge in [-0.15, -0.1) is 12.4 Å². The normalized spacial score (nSPS) is 10.7. The Morgan fingerprint density at radius 2 is 1.41 bits per heavy atom. The number of nitrogens with two attached hydrogens (primary N) is 1. The number of pyridine rings is 2. The Morgan fingerprint density at radius 3 is 1.95 bits per heavy atom. The second-order valence-electron chi connectivity index (χ2n) is 9.68. The SMILES string of the molecule is CC(C)(C)OC(=O)NCCc1cccc(C(=O)O)n1.CC(C)(C)OC(=O)Nc1cccc(CCN)n1.Cl. The molecule has 2 heterocycles. The number of hydrogen-bond acceptors (Lipinski definition) is 8. The van der Waals surface area contributed by atoms with Gasteiger partial charge < -0.3 is 25.6 Å². The van der Waals surface area contributed by atoms with Crippen LogP contribution in [-0.4, -0.2) is 57.5 Å². The van der Waals surface area contributed by atoms with E-state index >= 15 is 0 Å². The van der Waals surface area contributed by atoms with Crippen molar-refractivity contribution in [1.29, 1.82) is 0 Å². The number of hydrogen-bond donors (Lipinski definition) is 4. The van der Waals surface area contributed by atoms with E-state index in [9.17, 15) is 14.4 Å². The summed E-state index contributed by atoms with van der Waals surface area (Å²) in [4.78, 5) is 41.8. The highest BCUT2D eigenvalue weighted by Gasteiger charge is 2.17. The summed E-state index contributed by atoms with van der Waals surface area (Å²) in [5.41, 5.74) is 5.84. The van der Waals surface area contributed by atoms with Gasteiger partial charge >= 0.3 is 18.2 Å². The molecular formula is C25H38ClN5O6. The average molecular weight is 540 g/mol. The molecule has 2 rings (SSSR count). The molecule has 0 aliphatic heterocycles. The number of halogens is 1. The lowest BCUT2D eigenvalue weighted by molar-refractivity contribution is 0.0526.